The van der Waals surface area contributed by atoms with Gasteiger partial charge in [-0.3, -0.25) is 14.5 Å². The normalized spacial score (nSPS) is 20.5. The van der Waals surface area contributed by atoms with Crippen LogP contribution in [0.25, 0.3) is 0 Å². The molecule has 1 N–H and O–H groups in total. The minimum absolute atomic E-state index is 0.0272. The Bertz CT molecular complexity index is 1530. The molecule has 6 nitrogen and oxygen atoms in total. The number of amides is 1. The van der Waals surface area contributed by atoms with Crippen molar-refractivity contribution < 1.29 is 19.1 Å². The molecule has 0 saturated heterocycles. The maximum Gasteiger partial charge on any atom is 0.231 e. The van der Waals surface area contributed by atoms with Gasteiger partial charge in [-0.25, -0.2) is 0 Å². The highest BCUT2D eigenvalue weighted by Gasteiger charge is 2.45. The van der Waals surface area contributed by atoms with E-state index >= 15 is 0 Å². The van der Waals surface area contributed by atoms with E-state index in [0.29, 0.717) is 29.9 Å². The van der Waals surface area contributed by atoms with E-state index in [1.807, 2.05) is 47.4 Å². The van der Waals surface area contributed by atoms with Crippen LogP contribution in [-0.2, 0) is 15.0 Å². The van der Waals surface area contributed by atoms with Gasteiger partial charge in [0.25, 0.3) is 0 Å². The number of fused-ring (bicyclic) bond motifs is 1. The zero-order chi connectivity index (χ0) is 28.9. The van der Waals surface area contributed by atoms with Crippen molar-refractivity contribution in [3.8, 4) is 11.5 Å². The van der Waals surface area contributed by atoms with Crippen LogP contribution in [0.3, 0.4) is 0 Å². The number of ether oxygens (including phenoxy) is 2. The van der Waals surface area contributed by atoms with Crippen LogP contribution in [0.5, 0.6) is 11.5 Å². The first-order valence-electron chi connectivity index (χ1n) is 14.5. The van der Waals surface area contributed by atoms with E-state index in [4.69, 9.17) is 9.47 Å². The molecule has 0 unspecified atom stereocenters. The minimum atomic E-state index is -0.578. The monoisotopic (exact) mass is 550 g/mol. The lowest BCUT2D eigenvalue weighted by Gasteiger charge is -2.35. The van der Waals surface area contributed by atoms with Gasteiger partial charge in [0.15, 0.2) is 17.3 Å². The first-order valence-corrected chi connectivity index (χ1v) is 14.5. The quantitative estimate of drug-likeness (QED) is 0.361. The van der Waals surface area contributed by atoms with Crippen molar-refractivity contribution >= 4 is 23.1 Å². The van der Waals surface area contributed by atoms with Crippen LogP contribution in [0.15, 0.2) is 78.0 Å². The van der Waals surface area contributed by atoms with E-state index in [-0.39, 0.29) is 28.9 Å². The third kappa shape index (κ3) is 5.01. The molecular weight excluding hydrogens is 512 g/mol. The molecule has 0 aromatic heterocycles. The largest absolute Gasteiger partial charge is 0.493 e. The number of carbonyl (C=O) groups is 2. The standard InChI is InChI=1S/C35H38N2O4/c1-35(2,3)25-15-12-21(13-16-25)24-18-27-32(29(38)19-24)33(23-14-17-30(40-4)31(20-23)41-5)37(34(39)22-10-11-22)28-9-7-6-8-26(28)36-27/h6-9,12-17,20,22,24,33,36H,10-11,18-19H2,1-5H3/t24-,33-/m1/s1. The molecule has 0 bridgehead atoms. The van der Waals surface area contributed by atoms with Gasteiger partial charge in [-0.05, 0) is 71.6 Å². The van der Waals surface area contributed by atoms with Crippen molar-refractivity contribution in [3.63, 3.8) is 0 Å². The Morgan fingerprint density at radius 1 is 0.878 bits per heavy atom. The lowest BCUT2D eigenvalue weighted by Crippen LogP contribution is -2.39. The average Bonchev–Trinajstić information content (AvgIpc) is 3.82. The van der Waals surface area contributed by atoms with Crippen LogP contribution in [0.2, 0.25) is 0 Å². The van der Waals surface area contributed by atoms with E-state index < -0.39 is 6.04 Å². The Morgan fingerprint density at radius 2 is 1.56 bits per heavy atom. The molecule has 212 valence electrons. The number of nitrogens with zero attached hydrogens (tertiary/aromatic N) is 1. The van der Waals surface area contributed by atoms with Crippen molar-refractivity contribution in [3.05, 3.63) is 94.7 Å². The molecule has 1 amide bonds. The number of hydrogen-bond acceptors (Lipinski definition) is 5. The summed E-state index contributed by atoms with van der Waals surface area (Å²) in [7, 11) is 3.20. The summed E-state index contributed by atoms with van der Waals surface area (Å²) in [6.45, 7) is 6.62. The number of rotatable bonds is 5. The van der Waals surface area contributed by atoms with Gasteiger partial charge in [0.05, 0.1) is 31.6 Å². The fourth-order valence-electron chi connectivity index (χ4n) is 6.19. The summed E-state index contributed by atoms with van der Waals surface area (Å²) in [5, 5.41) is 3.63. The lowest BCUT2D eigenvalue weighted by molar-refractivity contribution is -0.120. The van der Waals surface area contributed by atoms with Crippen LogP contribution >= 0.6 is 0 Å². The Hall–Kier alpha value is -4.06. The number of carbonyl (C=O) groups excluding carboxylic acids is 2. The van der Waals surface area contributed by atoms with Gasteiger partial charge in [0.2, 0.25) is 5.91 Å². The van der Waals surface area contributed by atoms with Crippen LogP contribution in [0.1, 0.15) is 75.1 Å². The number of nitrogens with one attached hydrogen (secondary N) is 1. The molecule has 41 heavy (non-hydrogen) atoms. The number of para-hydroxylation sites is 2. The minimum Gasteiger partial charge on any atom is -0.493 e. The summed E-state index contributed by atoms with van der Waals surface area (Å²) in [6, 6.07) is 21.7. The molecule has 2 aliphatic carbocycles. The van der Waals surface area contributed by atoms with Gasteiger partial charge in [0.1, 0.15) is 0 Å². The molecule has 1 aliphatic heterocycles. The van der Waals surface area contributed by atoms with Crippen LogP contribution in [0.4, 0.5) is 11.4 Å². The van der Waals surface area contributed by atoms with E-state index in [9.17, 15) is 9.59 Å². The second-order valence-electron chi connectivity index (χ2n) is 12.4. The van der Waals surface area contributed by atoms with Crippen LogP contribution in [0, 0.1) is 5.92 Å². The maximum atomic E-state index is 14.3. The molecular formula is C35H38N2O4. The van der Waals surface area contributed by atoms with Crippen LogP contribution in [-0.4, -0.2) is 25.9 Å². The summed E-state index contributed by atoms with van der Waals surface area (Å²) in [5.41, 5.74) is 6.48. The van der Waals surface area contributed by atoms with Gasteiger partial charge in [0, 0.05) is 23.6 Å². The summed E-state index contributed by atoms with van der Waals surface area (Å²) in [4.78, 5) is 30.2. The molecule has 1 saturated carbocycles. The predicted molar refractivity (Wildman–Crippen MR) is 162 cm³/mol. The molecule has 0 radical (unpaired) electrons. The van der Waals surface area contributed by atoms with Crippen molar-refractivity contribution in [1.29, 1.82) is 0 Å². The molecule has 6 heteroatoms. The average molecular weight is 551 g/mol. The first kappa shape index (κ1) is 27.1. The van der Waals surface area contributed by atoms with Crippen molar-refractivity contribution in [2.45, 2.75) is 63.8 Å². The summed E-state index contributed by atoms with van der Waals surface area (Å²) >= 11 is 0. The number of hydrogen-bond donors (Lipinski definition) is 1. The molecule has 2 atom stereocenters. The highest BCUT2D eigenvalue weighted by atomic mass is 16.5. The van der Waals surface area contributed by atoms with Crippen molar-refractivity contribution in [2.24, 2.45) is 5.92 Å². The molecule has 1 fully saturated rings. The second kappa shape index (κ2) is 10.4. The lowest BCUT2D eigenvalue weighted by atomic mass is 9.77. The highest BCUT2D eigenvalue weighted by molar-refractivity contribution is 6.07. The molecule has 1 heterocycles. The third-order valence-corrected chi connectivity index (χ3v) is 8.62. The first-order chi connectivity index (χ1) is 19.7. The Labute approximate surface area is 242 Å². The number of benzene rings is 3. The molecule has 3 aromatic rings. The molecule has 6 rings (SSSR count). The van der Waals surface area contributed by atoms with E-state index in [2.05, 4.69) is 50.4 Å². The summed E-state index contributed by atoms with van der Waals surface area (Å²) in [5.74, 6) is 1.31. The van der Waals surface area contributed by atoms with Crippen LogP contribution < -0.4 is 19.7 Å². The number of anilines is 2. The van der Waals surface area contributed by atoms with Gasteiger partial charge in [-0.2, -0.15) is 0 Å². The Kier molecular flexibility index (Phi) is 6.88. The zero-order valence-corrected chi connectivity index (χ0v) is 24.5. The van der Waals surface area contributed by atoms with E-state index in [1.54, 1.807) is 14.2 Å². The summed E-state index contributed by atoms with van der Waals surface area (Å²) in [6.07, 6.45) is 2.81. The van der Waals surface area contributed by atoms with Crippen molar-refractivity contribution in [2.75, 3.05) is 24.4 Å². The topological polar surface area (TPSA) is 67.9 Å². The van der Waals surface area contributed by atoms with Gasteiger partial charge in [-0.15, -0.1) is 0 Å². The van der Waals surface area contributed by atoms with Gasteiger partial charge < -0.3 is 14.8 Å². The van der Waals surface area contributed by atoms with Gasteiger partial charge in [-0.1, -0.05) is 63.2 Å². The fourth-order valence-corrected chi connectivity index (χ4v) is 6.19. The Morgan fingerprint density at radius 3 is 2.22 bits per heavy atom. The van der Waals surface area contributed by atoms with Crippen molar-refractivity contribution in [1.82, 2.24) is 0 Å². The highest BCUT2D eigenvalue weighted by Crippen LogP contribution is 2.50. The molecule has 3 aromatic carbocycles. The SMILES string of the molecule is COc1ccc([C@@H]2C3=C(C[C@@H](c4ccc(C(C)(C)C)cc4)CC3=O)Nc3ccccc3N2C(=O)C2CC2)cc1OC. The maximum absolute atomic E-state index is 14.3. The number of allylic oxidation sites excluding steroid dienone is 1. The van der Waals surface area contributed by atoms with Gasteiger partial charge >= 0.3 is 0 Å². The Balaban J connectivity index is 1.50. The predicted octanol–water partition coefficient (Wildman–Crippen LogP) is 7.31. The zero-order valence-electron chi connectivity index (χ0n) is 24.5. The number of ketones is 1. The number of methoxy groups -OCH3 is 2. The molecule has 0 spiro atoms. The van der Waals surface area contributed by atoms with E-state index in [1.165, 1.54) is 5.56 Å². The second-order valence-corrected chi connectivity index (χ2v) is 12.4. The van der Waals surface area contributed by atoms with E-state index in [0.717, 1.165) is 41.0 Å². The fraction of sp³-hybridized carbons (Fsp3) is 0.371. The third-order valence-electron chi connectivity index (χ3n) is 8.62. The smallest absolute Gasteiger partial charge is 0.231 e. The number of Topliss-reactive ketones (excluding diaryl/α,β-unsaturated/α-hetero) is 1. The summed E-state index contributed by atoms with van der Waals surface area (Å²) < 4.78 is 11.2. The molecule has 3 aliphatic rings.